The second-order valence-electron chi connectivity index (χ2n) is 6.94. The van der Waals surface area contributed by atoms with Gasteiger partial charge in [0.15, 0.2) is 0 Å². The van der Waals surface area contributed by atoms with Crippen molar-refractivity contribution in [1.82, 2.24) is 0 Å². The molecule has 0 unspecified atom stereocenters. The van der Waals surface area contributed by atoms with Crippen LogP contribution in [0.3, 0.4) is 0 Å². The average molecular weight is 218 g/mol. The van der Waals surface area contributed by atoms with E-state index in [0.29, 0.717) is 10.8 Å². The Morgan fingerprint density at radius 1 is 0.812 bits per heavy atom. The van der Waals surface area contributed by atoms with Gasteiger partial charge in [0, 0.05) is 37.4 Å². The molecule has 0 amide bonds. The molecule has 4 aliphatic rings. The molecule has 0 radical (unpaired) electrons. The van der Waals surface area contributed by atoms with E-state index in [4.69, 9.17) is 0 Å². The smallest absolute Gasteiger partial charge is 0.0425 e. The van der Waals surface area contributed by atoms with E-state index in [1.807, 2.05) is 0 Å². The molecule has 2 heterocycles. The quantitative estimate of drug-likeness (QED) is 0.597. The van der Waals surface area contributed by atoms with E-state index in [0.717, 1.165) is 36.8 Å². The van der Waals surface area contributed by atoms with Gasteiger partial charge in [-0.05, 0) is 22.7 Å². The Morgan fingerprint density at radius 2 is 1.19 bits per heavy atom. The first kappa shape index (κ1) is 10.5. The van der Waals surface area contributed by atoms with Crippen molar-refractivity contribution in [2.24, 2.45) is 44.5 Å². The minimum Gasteiger partial charge on any atom is -0.297 e. The Kier molecular flexibility index (Phi) is 1.94. The largest absolute Gasteiger partial charge is 0.297 e. The summed E-state index contributed by atoms with van der Waals surface area (Å²) in [4.78, 5) is 8.37. The van der Waals surface area contributed by atoms with Gasteiger partial charge < -0.3 is 0 Å². The van der Waals surface area contributed by atoms with Crippen molar-refractivity contribution in [3.63, 3.8) is 0 Å². The van der Waals surface area contributed by atoms with Crippen molar-refractivity contribution < 1.29 is 0 Å². The molecule has 2 heteroatoms. The van der Waals surface area contributed by atoms with Gasteiger partial charge >= 0.3 is 0 Å². The summed E-state index contributed by atoms with van der Waals surface area (Å²) in [5.41, 5.74) is 1.23. The van der Waals surface area contributed by atoms with Gasteiger partial charge in [0.1, 0.15) is 0 Å². The molecule has 0 saturated heterocycles. The third kappa shape index (κ3) is 1.31. The Balaban J connectivity index is 0.000000101. The first-order chi connectivity index (χ1) is 7.45. The third-order valence-corrected chi connectivity index (χ3v) is 5.41. The topological polar surface area (TPSA) is 24.7 Å². The summed E-state index contributed by atoms with van der Waals surface area (Å²) in [5, 5.41) is 0. The van der Waals surface area contributed by atoms with Gasteiger partial charge in [0.2, 0.25) is 0 Å². The SMILES string of the molecule is CC1(C)[C@@H]2C=NC[C@@H]21.CC1(C)[C@@H]2CN=C[C@@H]21. The summed E-state index contributed by atoms with van der Waals surface area (Å²) in [6.45, 7) is 11.5. The normalized spacial score (nSPS) is 46.8. The molecular weight excluding hydrogens is 196 g/mol. The Hall–Kier alpha value is -0.660. The highest BCUT2D eigenvalue weighted by molar-refractivity contribution is 5.70. The van der Waals surface area contributed by atoms with Crippen LogP contribution in [0.2, 0.25) is 0 Å². The Labute approximate surface area is 98.3 Å². The van der Waals surface area contributed by atoms with Crippen LogP contribution in [0.4, 0.5) is 0 Å². The number of hydrogen-bond acceptors (Lipinski definition) is 2. The lowest BCUT2D eigenvalue weighted by atomic mass is 10.1. The van der Waals surface area contributed by atoms with Crippen LogP contribution in [0.1, 0.15) is 27.7 Å². The van der Waals surface area contributed by atoms with Crippen LogP contribution in [0, 0.1) is 34.5 Å². The van der Waals surface area contributed by atoms with Crippen molar-refractivity contribution in [3.05, 3.63) is 0 Å². The monoisotopic (exact) mass is 218 g/mol. The second-order valence-corrected chi connectivity index (χ2v) is 6.94. The van der Waals surface area contributed by atoms with Crippen LogP contribution in [-0.2, 0) is 0 Å². The van der Waals surface area contributed by atoms with Crippen LogP contribution in [0.5, 0.6) is 0 Å². The average Bonchev–Trinajstić information content (AvgIpc) is 2.90. The molecule has 2 aliphatic heterocycles. The first-order valence-electron chi connectivity index (χ1n) is 6.45. The van der Waals surface area contributed by atoms with Crippen molar-refractivity contribution in [3.8, 4) is 0 Å². The van der Waals surface area contributed by atoms with E-state index < -0.39 is 0 Å². The van der Waals surface area contributed by atoms with Crippen LogP contribution in [0.25, 0.3) is 0 Å². The molecule has 4 atom stereocenters. The maximum absolute atomic E-state index is 4.18. The van der Waals surface area contributed by atoms with Crippen molar-refractivity contribution in [1.29, 1.82) is 0 Å². The lowest BCUT2D eigenvalue weighted by Gasteiger charge is -2.00. The molecule has 0 aromatic heterocycles. The summed E-state index contributed by atoms with van der Waals surface area (Å²) in [7, 11) is 0. The highest BCUT2D eigenvalue weighted by Crippen LogP contribution is 2.59. The van der Waals surface area contributed by atoms with Crippen molar-refractivity contribution in [2.75, 3.05) is 13.1 Å². The molecule has 0 N–H and O–H groups in total. The number of aliphatic imine (C=N–C) groups is 2. The Bertz CT molecular complexity index is 329. The van der Waals surface area contributed by atoms with Gasteiger partial charge in [0.05, 0.1) is 0 Å². The highest BCUT2D eigenvalue weighted by atomic mass is 14.9. The second kappa shape index (κ2) is 2.96. The number of hydrogen-bond donors (Lipinski definition) is 0. The fraction of sp³-hybridized carbons (Fsp3) is 0.857. The number of nitrogens with zero attached hydrogens (tertiary/aromatic N) is 2. The van der Waals surface area contributed by atoms with E-state index in [1.54, 1.807) is 0 Å². The van der Waals surface area contributed by atoms with Crippen LogP contribution >= 0.6 is 0 Å². The molecule has 2 nitrogen and oxygen atoms in total. The van der Waals surface area contributed by atoms with E-state index >= 15 is 0 Å². The molecule has 16 heavy (non-hydrogen) atoms. The van der Waals surface area contributed by atoms with E-state index in [2.05, 4.69) is 50.1 Å². The van der Waals surface area contributed by atoms with Crippen LogP contribution < -0.4 is 0 Å². The number of fused-ring (bicyclic) bond motifs is 2. The predicted octanol–water partition coefficient (Wildman–Crippen LogP) is 2.69. The minimum atomic E-state index is 0.613. The van der Waals surface area contributed by atoms with Crippen LogP contribution in [0.15, 0.2) is 9.98 Å². The summed E-state index contributed by atoms with van der Waals surface area (Å²) >= 11 is 0. The zero-order valence-corrected chi connectivity index (χ0v) is 10.8. The molecule has 88 valence electrons. The summed E-state index contributed by atoms with van der Waals surface area (Å²) in [6.07, 6.45) is 4.26. The standard InChI is InChI=1S/2C7H11N/c2*1-7(2)5-3-8-4-6(5)7/h2*3,5-6H,4H2,1-2H3/t2*5-,6+/m10/s1. The number of rotatable bonds is 0. The fourth-order valence-electron chi connectivity index (χ4n) is 3.44. The molecule has 2 saturated carbocycles. The lowest BCUT2D eigenvalue weighted by molar-refractivity contribution is 0.552. The van der Waals surface area contributed by atoms with Crippen molar-refractivity contribution >= 4 is 12.4 Å². The first-order valence-corrected chi connectivity index (χ1v) is 6.45. The fourth-order valence-corrected chi connectivity index (χ4v) is 3.44. The van der Waals surface area contributed by atoms with E-state index in [1.165, 1.54) is 0 Å². The van der Waals surface area contributed by atoms with Crippen molar-refractivity contribution in [2.45, 2.75) is 27.7 Å². The summed E-state index contributed by atoms with van der Waals surface area (Å²) in [6, 6.07) is 0. The van der Waals surface area contributed by atoms with Crippen LogP contribution in [-0.4, -0.2) is 25.5 Å². The molecule has 0 aromatic carbocycles. The van der Waals surface area contributed by atoms with Gasteiger partial charge in [-0.15, -0.1) is 0 Å². The zero-order valence-electron chi connectivity index (χ0n) is 10.8. The van der Waals surface area contributed by atoms with Gasteiger partial charge in [0.25, 0.3) is 0 Å². The van der Waals surface area contributed by atoms with Gasteiger partial charge in [-0.3, -0.25) is 9.98 Å². The summed E-state index contributed by atoms with van der Waals surface area (Å²) < 4.78 is 0. The Morgan fingerprint density at radius 3 is 1.31 bits per heavy atom. The summed E-state index contributed by atoms with van der Waals surface area (Å²) in [5.74, 6) is 3.48. The molecule has 0 bridgehead atoms. The third-order valence-electron chi connectivity index (χ3n) is 5.41. The van der Waals surface area contributed by atoms with Gasteiger partial charge in [-0.1, -0.05) is 27.7 Å². The molecule has 2 aliphatic carbocycles. The lowest BCUT2D eigenvalue weighted by Crippen LogP contribution is -1.96. The minimum absolute atomic E-state index is 0.613. The molecule has 2 fully saturated rings. The van der Waals surface area contributed by atoms with Gasteiger partial charge in [-0.2, -0.15) is 0 Å². The predicted molar refractivity (Wildman–Crippen MR) is 68.2 cm³/mol. The molecule has 0 spiro atoms. The maximum atomic E-state index is 4.18. The zero-order chi connectivity index (χ0) is 11.6. The van der Waals surface area contributed by atoms with Gasteiger partial charge in [-0.25, -0.2) is 0 Å². The maximum Gasteiger partial charge on any atom is 0.0425 e. The highest BCUT2D eigenvalue weighted by Gasteiger charge is 2.59. The van der Waals surface area contributed by atoms with E-state index in [9.17, 15) is 0 Å². The van der Waals surface area contributed by atoms with E-state index in [-0.39, 0.29) is 0 Å². The molecule has 0 aromatic rings. The molecule has 4 rings (SSSR count). The molecular formula is C14H22N2.